The number of hydrogen-bond donors (Lipinski definition) is 2. The van der Waals surface area contributed by atoms with Crippen LogP contribution >= 0.6 is 0 Å². The highest BCUT2D eigenvalue weighted by atomic mass is 16.5. The van der Waals surface area contributed by atoms with Crippen LogP contribution in [0.4, 0.5) is 0 Å². The number of rotatable bonds is 5. The molecule has 1 fully saturated rings. The number of hydrogen-bond acceptors (Lipinski definition) is 4. The summed E-state index contributed by atoms with van der Waals surface area (Å²) < 4.78 is 5.56. The third kappa shape index (κ3) is 3.87. The van der Waals surface area contributed by atoms with Gasteiger partial charge in [0.25, 0.3) is 0 Å². The molecule has 1 aromatic rings. The van der Waals surface area contributed by atoms with Crippen molar-refractivity contribution in [2.75, 3.05) is 26.7 Å². The van der Waals surface area contributed by atoms with Crippen molar-refractivity contribution in [2.24, 2.45) is 11.8 Å². The fourth-order valence-corrected chi connectivity index (χ4v) is 2.57. The predicted molar refractivity (Wildman–Crippen MR) is 74.9 cm³/mol. The minimum atomic E-state index is -0.793. The van der Waals surface area contributed by atoms with Gasteiger partial charge in [-0.05, 0) is 63.2 Å². The van der Waals surface area contributed by atoms with Gasteiger partial charge < -0.3 is 19.8 Å². The first-order chi connectivity index (χ1) is 9.56. The first-order valence-corrected chi connectivity index (χ1v) is 6.89. The number of phenols is 1. The molecule has 0 bridgehead atoms. The quantitative estimate of drug-likeness (QED) is 0.860. The molecule has 20 heavy (non-hydrogen) atoms. The van der Waals surface area contributed by atoms with E-state index in [1.165, 1.54) is 12.1 Å². The van der Waals surface area contributed by atoms with E-state index in [9.17, 15) is 15.0 Å². The molecular formula is C15H21NO4. The highest BCUT2D eigenvalue weighted by molar-refractivity contribution is 5.70. The van der Waals surface area contributed by atoms with Crippen molar-refractivity contribution in [2.45, 2.75) is 12.8 Å². The van der Waals surface area contributed by atoms with E-state index in [1.807, 2.05) is 0 Å². The molecule has 0 saturated carbocycles. The van der Waals surface area contributed by atoms with Crippen LogP contribution in [0.15, 0.2) is 24.3 Å². The van der Waals surface area contributed by atoms with Gasteiger partial charge in [0.05, 0.1) is 5.92 Å². The molecule has 1 atom stereocenters. The van der Waals surface area contributed by atoms with Gasteiger partial charge in [-0.1, -0.05) is 0 Å². The molecule has 1 aromatic carbocycles. The summed E-state index contributed by atoms with van der Waals surface area (Å²) in [5, 5.41) is 18.6. The van der Waals surface area contributed by atoms with E-state index in [2.05, 4.69) is 11.9 Å². The monoisotopic (exact) mass is 279 g/mol. The van der Waals surface area contributed by atoms with E-state index in [0.29, 0.717) is 5.75 Å². The number of piperidine rings is 1. The Morgan fingerprint density at radius 2 is 1.95 bits per heavy atom. The Hall–Kier alpha value is -1.75. The second-order valence-corrected chi connectivity index (χ2v) is 5.39. The van der Waals surface area contributed by atoms with E-state index in [0.717, 1.165) is 25.9 Å². The Morgan fingerprint density at radius 3 is 2.50 bits per heavy atom. The van der Waals surface area contributed by atoms with E-state index in [1.54, 1.807) is 12.1 Å². The lowest BCUT2D eigenvalue weighted by molar-refractivity contribution is -0.145. The summed E-state index contributed by atoms with van der Waals surface area (Å²) in [5.41, 5.74) is 0. The van der Waals surface area contributed by atoms with Crippen molar-refractivity contribution in [3.63, 3.8) is 0 Å². The average molecular weight is 279 g/mol. The normalized spacial score (nSPS) is 18.6. The van der Waals surface area contributed by atoms with Crippen molar-refractivity contribution >= 4 is 5.97 Å². The summed E-state index contributed by atoms with van der Waals surface area (Å²) in [5.74, 6) is -0.346. The number of aromatic hydroxyl groups is 1. The number of carboxylic acid groups (broad SMARTS) is 1. The maximum absolute atomic E-state index is 11.4. The van der Waals surface area contributed by atoms with Gasteiger partial charge in [-0.2, -0.15) is 0 Å². The first-order valence-electron chi connectivity index (χ1n) is 6.89. The van der Waals surface area contributed by atoms with Gasteiger partial charge in [0.15, 0.2) is 0 Å². The molecule has 1 aliphatic rings. The lowest BCUT2D eigenvalue weighted by Gasteiger charge is -2.32. The molecule has 1 unspecified atom stereocenters. The van der Waals surface area contributed by atoms with Crippen LogP contribution in [-0.2, 0) is 4.79 Å². The number of benzene rings is 1. The Balaban J connectivity index is 1.92. The number of carbonyl (C=O) groups is 1. The predicted octanol–water partition coefficient (Wildman–Crippen LogP) is 1.81. The molecule has 5 nitrogen and oxygen atoms in total. The zero-order chi connectivity index (χ0) is 14.5. The summed E-state index contributed by atoms with van der Waals surface area (Å²) in [6.45, 7) is 2.05. The Bertz CT molecular complexity index is 438. The fraction of sp³-hybridized carbons (Fsp3) is 0.533. The maximum atomic E-state index is 11.4. The van der Waals surface area contributed by atoms with E-state index >= 15 is 0 Å². The highest BCUT2D eigenvalue weighted by Gasteiger charge is 2.31. The van der Waals surface area contributed by atoms with Gasteiger partial charge in [-0.3, -0.25) is 4.79 Å². The number of nitrogens with zero attached hydrogens (tertiary/aromatic N) is 1. The largest absolute Gasteiger partial charge is 0.508 e. The molecule has 0 aromatic heterocycles. The summed E-state index contributed by atoms with van der Waals surface area (Å²) >= 11 is 0. The molecule has 1 heterocycles. The van der Waals surface area contributed by atoms with Crippen molar-refractivity contribution in [3.05, 3.63) is 24.3 Å². The topological polar surface area (TPSA) is 70.0 Å². The summed E-state index contributed by atoms with van der Waals surface area (Å²) in [6.07, 6.45) is 1.79. The van der Waals surface area contributed by atoms with Crippen LogP contribution in [0.25, 0.3) is 0 Å². The van der Waals surface area contributed by atoms with Gasteiger partial charge in [0.2, 0.25) is 0 Å². The standard InChI is InChI=1S/C15H21NO4/c1-16-8-6-11(7-9-16)14(15(18)19)10-20-13-4-2-12(17)3-5-13/h2-5,11,14,17H,6-10H2,1H3,(H,18,19). The zero-order valence-corrected chi connectivity index (χ0v) is 11.7. The molecule has 2 rings (SSSR count). The van der Waals surface area contributed by atoms with Crippen molar-refractivity contribution in [1.82, 2.24) is 4.90 Å². The van der Waals surface area contributed by atoms with Gasteiger partial charge in [0, 0.05) is 0 Å². The number of ether oxygens (including phenoxy) is 1. The number of carboxylic acids is 1. The molecule has 1 saturated heterocycles. The fourth-order valence-electron chi connectivity index (χ4n) is 2.57. The molecule has 2 N–H and O–H groups in total. The maximum Gasteiger partial charge on any atom is 0.310 e. The van der Waals surface area contributed by atoms with Crippen LogP contribution in [0.1, 0.15) is 12.8 Å². The Labute approximate surface area is 118 Å². The van der Waals surface area contributed by atoms with Gasteiger partial charge in [-0.25, -0.2) is 0 Å². The second-order valence-electron chi connectivity index (χ2n) is 5.39. The Kier molecular flexibility index (Phi) is 4.84. The summed E-state index contributed by atoms with van der Waals surface area (Å²) in [6, 6.07) is 6.34. The first kappa shape index (κ1) is 14.7. The van der Waals surface area contributed by atoms with Gasteiger partial charge in [0.1, 0.15) is 18.1 Å². The highest BCUT2D eigenvalue weighted by Crippen LogP contribution is 2.26. The lowest BCUT2D eigenvalue weighted by atomic mass is 9.85. The molecule has 0 radical (unpaired) electrons. The molecule has 1 aliphatic heterocycles. The van der Waals surface area contributed by atoms with Crippen LogP contribution in [-0.4, -0.2) is 47.8 Å². The molecule has 0 spiro atoms. The van der Waals surface area contributed by atoms with E-state index in [4.69, 9.17) is 4.74 Å². The van der Waals surface area contributed by atoms with Crippen LogP contribution in [0.3, 0.4) is 0 Å². The minimum Gasteiger partial charge on any atom is -0.508 e. The Morgan fingerprint density at radius 1 is 1.35 bits per heavy atom. The summed E-state index contributed by atoms with van der Waals surface area (Å²) in [7, 11) is 2.05. The third-order valence-corrected chi connectivity index (χ3v) is 3.92. The number of phenolic OH excluding ortho intramolecular Hbond substituents is 1. The van der Waals surface area contributed by atoms with Crippen LogP contribution < -0.4 is 4.74 Å². The van der Waals surface area contributed by atoms with Gasteiger partial charge in [-0.15, -0.1) is 0 Å². The number of aliphatic carboxylic acids is 1. The molecule has 5 heteroatoms. The number of likely N-dealkylation sites (tertiary alicyclic amines) is 1. The third-order valence-electron chi connectivity index (χ3n) is 3.92. The molecule has 0 amide bonds. The lowest BCUT2D eigenvalue weighted by Crippen LogP contribution is -2.38. The van der Waals surface area contributed by atoms with Crippen LogP contribution in [0, 0.1) is 11.8 Å². The average Bonchev–Trinajstić information content (AvgIpc) is 2.43. The van der Waals surface area contributed by atoms with E-state index < -0.39 is 11.9 Å². The SMILES string of the molecule is CN1CCC(C(COc2ccc(O)cc2)C(=O)O)CC1. The van der Waals surface area contributed by atoms with Crippen molar-refractivity contribution < 1.29 is 19.7 Å². The van der Waals surface area contributed by atoms with Crippen molar-refractivity contribution in [3.8, 4) is 11.5 Å². The second kappa shape index (κ2) is 6.61. The summed E-state index contributed by atoms with van der Waals surface area (Å²) in [4.78, 5) is 13.6. The van der Waals surface area contributed by atoms with Crippen molar-refractivity contribution in [1.29, 1.82) is 0 Å². The molecular weight excluding hydrogens is 258 g/mol. The smallest absolute Gasteiger partial charge is 0.310 e. The minimum absolute atomic E-state index is 0.167. The van der Waals surface area contributed by atoms with Crippen LogP contribution in [0.5, 0.6) is 11.5 Å². The molecule has 0 aliphatic carbocycles. The van der Waals surface area contributed by atoms with Crippen LogP contribution in [0.2, 0.25) is 0 Å². The zero-order valence-electron chi connectivity index (χ0n) is 11.7. The molecule has 110 valence electrons. The van der Waals surface area contributed by atoms with E-state index in [-0.39, 0.29) is 18.3 Å². The van der Waals surface area contributed by atoms with Gasteiger partial charge >= 0.3 is 5.97 Å².